The predicted molar refractivity (Wildman–Crippen MR) is 76.7 cm³/mol. The average molecular weight is 246 g/mol. The molecule has 0 heterocycles. The molecule has 1 aliphatic carbocycles. The first kappa shape index (κ1) is 13.6. The van der Waals surface area contributed by atoms with Crippen LogP contribution in [0.2, 0.25) is 0 Å². The Kier molecular flexibility index (Phi) is 5.25. The van der Waals surface area contributed by atoms with Gasteiger partial charge in [0.05, 0.1) is 6.10 Å². The summed E-state index contributed by atoms with van der Waals surface area (Å²) in [6, 6.07) is 8.59. The fraction of sp³-hybridized carbons (Fsp3) is 0.647. The third-order valence-electron chi connectivity index (χ3n) is 4.26. The SMILES string of the molecule is Cc1ccc(CC(O)C2CCCCCCC2)cc1. The topological polar surface area (TPSA) is 20.2 Å². The molecule has 0 radical (unpaired) electrons. The zero-order valence-electron chi connectivity index (χ0n) is 11.6. The minimum atomic E-state index is -0.147. The lowest BCUT2D eigenvalue weighted by Crippen LogP contribution is -2.23. The highest BCUT2D eigenvalue weighted by Crippen LogP contribution is 2.26. The van der Waals surface area contributed by atoms with Gasteiger partial charge in [0.2, 0.25) is 0 Å². The van der Waals surface area contributed by atoms with Crippen LogP contribution in [0.25, 0.3) is 0 Å². The number of aliphatic hydroxyl groups is 1. The summed E-state index contributed by atoms with van der Waals surface area (Å²) in [6.45, 7) is 2.11. The molecule has 1 atom stereocenters. The van der Waals surface area contributed by atoms with Crippen molar-refractivity contribution in [1.82, 2.24) is 0 Å². The molecule has 1 fully saturated rings. The summed E-state index contributed by atoms with van der Waals surface area (Å²) >= 11 is 0. The van der Waals surface area contributed by atoms with Crippen LogP contribution in [0.4, 0.5) is 0 Å². The van der Waals surface area contributed by atoms with Gasteiger partial charge < -0.3 is 5.11 Å². The van der Waals surface area contributed by atoms with Gasteiger partial charge in [0.1, 0.15) is 0 Å². The van der Waals surface area contributed by atoms with Crippen LogP contribution in [0.5, 0.6) is 0 Å². The van der Waals surface area contributed by atoms with Gasteiger partial charge in [-0.25, -0.2) is 0 Å². The number of aryl methyl sites for hydroxylation is 1. The molecule has 0 aliphatic heterocycles. The molecule has 1 unspecified atom stereocenters. The molecule has 100 valence electrons. The van der Waals surface area contributed by atoms with Crippen molar-refractivity contribution in [3.05, 3.63) is 35.4 Å². The maximum Gasteiger partial charge on any atom is 0.0608 e. The van der Waals surface area contributed by atoms with Crippen molar-refractivity contribution in [2.24, 2.45) is 5.92 Å². The summed E-state index contributed by atoms with van der Waals surface area (Å²) in [6.07, 6.45) is 9.81. The van der Waals surface area contributed by atoms with E-state index in [9.17, 15) is 5.11 Å². The highest BCUT2D eigenvalue weighted by atomic mass is 16.3. The largest absolute Gasteiger partial charge is 0.392 e. The number of hydrogen-bond donors (Lipinski definition) is 1. The van der Waals surface area contributed by atoms with E-state index in [1.807, 2.05) is 0 Å². The molecule has 0 spiro atoms. The van der Waals surface area contributed by atoms with Crippen molar-refractivity contribution >= 4 is 0 Å². The summed E-state index contributed by atoms with van der Waals surface area (Å²) in [5.41, 5.74) is 2.56. The molecule has 1 N–H and O–H groups in total. The Labute approximate surface area is 111 Å². The van der Waals surface area contributed by atoms with Crippen LogP contribution in [0.15, 0.2) is 24.3 Å². The Hall–Kier alpha value is -0.820. The third-order valence-corrected chi connectivity index (χ3v) is 4.26. The minimum Gasteiger partial charge on any atom is -0.392 e. The first-order chi connectivity index (χ1) is 8.75. The Balaban J connectivity index is 1.89. The Morgan fingerprint density at radius 3 is 2.17 bits per heavy atom. The van der Waals surface area contributed by atoms with Gasteiger partial charge in [-0.2, -0.15) is 0 Å². The summed E-state index contributed by atoms with van der Waals surface area (Å²) in [7, 11) is 0. The molecule has 0 aromatic heterocycles. The zero-order chi connectivity index (χ0) is 12.8. The van der Waals surface area contributed by atoms with Gasteiger partial charge in [-0.15, -0.1) is 0 Å². The predicted octanol–water partition coefficient (Wildman–Crippen LogP) is 4.26. The lowest BCUT2D eigenvalue weighted by Gasteiger charge is -2.25. The first-order valence-corrected chi connectivity index (χ1v) is 7.49. The van der Waals surface area contributed by atoms with Crippen LogP contribution in [0.3, 0.4) is 0 Å². The monoisotopic (exact) mass is 246 g/mol. The van der Waals surface area contributed by atoms with E-state index < -0.39 is 0 Å². The maximum absolute atomic E-state index is 10.4. The van der Waals surface area contributed by atoms with E-state index in [0.717, 1.165) is 6.42 Å². The van der Waals surface area contributed by atoms with E-state index in [4.69, 9.17) is 0 Å². The third kappa shape index (κ3) is 4.13. The standard InChI is InChI=1S/C17H26O/c1-14-9-11-15(12-10-14)13-17(18)16-7-5-3-2-4-6-8-16/h9-12,16-18H,2-8,13H2,1H3. The molecule has 0 amide bonds. The number of rotatable bonds is 3. The second kappa shape index (κ2) is 6.94. The summed E-state index contributed by atoms with van der Waals surface area (Å²) < 4.78 is 0. The van der Waals surface area contributed by atoms with Gasteiger partial charge in [0.25, 0.3) is 0 Å². The van der Waals surface area contributed by atoms with Crippen LogP contribution < -0.4 is 0 Å². The Bertz CT molecular complexity index is 333. The maximum atomic E-state index is 10.4. The van der Waals surface area contributed by atoms with Crippen molar-refractivity contribution in [2.75, 3.05) is 0 Å². The molecule has 1 saturated carbocycles. The molecule has 0 saturated heterocycles. The molecule has 1 aliphatic rings. The van der Waals surface area contributed by atoms with Gasteiger partial charge in [-0.3, -0.25) is 0 Å². The van der Waals surface area contributed by atoms with Crippen molar-refractivity contribution in [3.8, 4) is 0 Å². The molecule has 1 aromatic carbocycles. The van der Waals surface area contributed by atoms with E-state index in [1.54, 1.807) is 0 Å². The number of benzene rings is 1. The smallest absolute Gasteiger partial charge is 0.0608 e. The Morgan fingerprint density at radius 2 is 1.56 bits per heavy atom. The van der Waals surface area contributed by atoms with E-state index in [2.05, 4.69) is 31.2 Å². The van der Waals surface area contributed by atoms with Crippen molar-refractivity contribution < 1.29 is 5.11 Å². The lowest BCUT2D eigenvalue weighted by atomic mass is 9.85. The molecule has 2 rings (SSSR count). The summed E-state index contributed by atoms with van der Waals surface area (Å²) in [4.78, 5) is 0. The molecule has 1 heteroatoms. The average Bonchev–Trinajstić information content (AvgIpc) is 2.31. The van der Waals surface area contributed by atoms with Crippen LogP contribution in [0, 0.1) is 12.8 Å². The van der Waals surface area contributed by atoms with Crippen LogP contribution in [-0.4, -0.2) is 11.2 Å². The molecular formula is C17H26O. The highest BCUT2D eigenvalue weighted by molar-refractivity contribution is 5.21. The molecule has 0 bridgehead atoms. The normalized spacial score (nSPS) is 20.1. The number of hydrogen-bond acceptors (Lipinski definition) is 1. The van der Waals surface area contributed by atoms with Crippen LogP contribution >= 0.6 is 0 Å². The van der Waals surface area contributed by atoms with Gasteiger partial charge in [0.15, 0.2) is 0 Å². The van der Waals surface area contributed by atoms with Crippen molar-refractivity contribution in [1.29, 1.82) is 0 Å². The second-order valence-electron chi connectivity index (χ2n) is 5.86. The number of aliphatic hydroxyl groups excluding tert-OH is 1. The quantitative estimate of drug-likeness (QED) is 0.845. The Morgan fingerprint density at radius 1 is 1.00 bits per heavy atom. The van der Waals surface area contributed by atoms with Crippen LogP contribution in [0.1, 0.15) is 56.1 Å². The second-order valence-corrected chi connectivity index (χ2v) is 5.86. The fourth-order valence-electron chi connectivity index (χ4n) is 3.00. The van der Waals surface area contributed by atoms with Crippen molar-refractivity contribution in [3.63, 3.8) is 0 Å². The van der Waals surface area contributed by atoms with E-state index >= 15 is 0 Å². The highest BCUT2D eigenvalue weighted by Gasteiger charge is 2.20. The van der Waals surface area contributed by atoms with E-state index in [-0.39, 0.29) is 6.10 Å². The first-order valence-electron chi connectivity index (χ1n) is 7.49. The summed E-state index contributed by atoms with van der Waals surface area (Å²) in [5, 5.41) is 10.4. The van der Waals surface area contributed by atoms with Gasteiger partial charge in [0, 0.05) is 0 Å². The van der Waals surface area contributed by atoms with Gasteiger partial charge >= 0.3 is 0 Å². The molecule has 1 aromatic rings. The van der Waals surface area contributed by atoms with E-state index in [0.29, 0.717) is 5.92 Å². The zero-order valence-corrected chi connectivity index (χ0v) is 11.6. The fourth-order valence-corrected chi connectivity index (χ4v) is 3.00. The minimum absolute atomic E-state index is 0.147. The van der Waals surface area contributed by atoms with E-state index in [1.165, 1.54) is 56.1 Å². The van der Waals surface area contributed by atoms with Gasteiger partial charge in [-0.05, 0) is 37.7 Å². The molecular weight excluding hydrogens is 220 g/mol. The molecule has 1 nitrogen and oxygen atoms in total. The lowest BCUT2D eigenvalue weighted by molar-refractivity contribution is 0.0913. The summed E-state index contributed by atoms with van der Waals surface area (Å²) in [5.74, 6) is 0.520. The van der Waals surface area contributed by atoms with Gasteiger partial charge in [-0.1, -0.05) is 61.9 Å². The van der Waals surface area contributed by atoms with Crippen molar-refractivity contribution in [2.45, 2.75) is 64.4 Å². The van der Waals surface area contributed by atoms with Crippen LogP contribution in [-0.2, 0) is 6.42 Å². The molecule has 18 heavy (non-hydrogen) atoms.